The number of halogens is 3. The fraction of sp³-hybridized carbons (Fsp3) is 0.222. The Morgan fingerprint density at radius 3 is 2.62 bits per heavy atom. The van der Waals surface area contributed by atoms with Crippen molar-refractivity contribution in [2.24, 2.45) is 0 Å². The summed E-state index contributed by atoms with van der Waals surface area (Å²) >= 11 is 6.06. The number of hydrogen-bond donors (Lipinski definition) is 2. The number of carbonyl (C=O) groups excluding carboxylic acids is 1. The summed E-state index contributed by atoms with van der Waals surface area (Å²) in [4.78, 5) is 19.2. The second kappa shape index (κ2) is 9.24. The molecule has 0 aliphatic carbocycles. The molecule has 140 valence electrons. The van der Waals surface area contributed by atoms with Crippen molar-refractivity contribution in [3.63, 3.8) is 0 Å². The highest BCUT2D eigenvalue weighted by atomic mass is 35.5. The van der Waals surface area contributed by atoms with Crippen LogP contribution in [-0.2, 0) is 0 Å². The number of amides is 1. The Labute approximate surface area is 169 Å². The molecule has 3 rings (SSSR count). The number of benzene rings is 2. The number of rotatable bonds is 4. The predicted molar refractivity (Wildman–Crippen MR) is 114 cm³/mol. The summed E-state index contributed by atoms with van der Waals surface area (Å²) in [5.74, 6) is -0.157. The quantitative estimate of drug-likeness (QED) is 0.637. The maximum absolute atomic E-state index is 12.5. The fourth-order valence-electron chi connectivity index (χ4n) is 2.64. The van der Waals surface area contributed by atoms with Crippen LogP contribution in [0.5, 0.6) is 0 Å². The summed E-state index contributed by atoms with van der Waals surface area (Å²) in [5, 5.41) is 5.10. The Balaban J connectivity index is 0.00000169. The van der Waals surface area contributed by atoms with Crippen LogP contribution < -0.4 is 11.1 Å². The molecule has 0 bridgehead atoms. The minimum absolute atomic E-state index is 0. The van der Waals surface area contributed by atoms with Gasteiger partial charge in [-0.25, -0.2) is 4.98 Å². The highest BCUT2D eigenvalue weighted by Gasteiger charge is 2.14. The van der Waals surface area contributed by atoms with Gasteiger partial charge in [-0.2, -0.15) is 0 Å². The molecule has 1 heterocycles. The molecule has 1 amide bonds. The van der Waals surface area contributed by atoms with Crippen LogP contribution in [0.1, 0.15) is 10.4 Å². The number of nitrogen functional groups attached to an aromatic ring is 1. The lowest BCUT2D eigenvalue weighted by molar-refractivity contribution is 0.0952. The smallest absolute Gasteiger partial charge is 0.253 e. The molecule has 8 heteroatoms. The van der Waals surface area contributed by atoms with Crippen molar-refractivity contribution < 1.29 is 4.79 Å². The van der Waals surface area contributed by atoms with Crippen LogP contribution in [0, 0.1) is 0 Å². The SMILES string of the molecule is CN(C)CCNC(=O)c1cccc2c(N)c3ccc(Cl)cc3nc12.Cl.Cl. The Morgan fingerprint density at radius 2 is 1.92 bits per heavy atom. The number of nitrogens with two attached hydrogens (primary N) is 1. The molecule has 0 atom stereocenters. The number of fused-ring (bicyclic) bond motifs is 2. The van der Waals surface area contributed by atoms with Gasteiger partial charge in [0.2, 0.25) is 0 Å². The fourth-order valence-corrected chi connectivity index (χ4v) is 2.81. The third-order valence-corrected chi connectivity index (χ3v) is 4.13. The van der Waals surface area contributed by atoms with Gasteiger partial charge >= 0.3 is 0 Å². The number of para-hydroxylation sites is 1. The number of aromatic nitrogens is 1. The normalized spacial score (nSPS) is 10.5. The standard InChI is InChI=1S/C18H19ClN4O.2ClH/c1-23(2)9-8-21-18(24)14-5-3-4-13-16(20)12-7-6-11(19)10-15(12)22-17(13)14;;/h3-7,10H,8-9H2,1-2H3,(H2,20,22)(H,21,24);2*1H. The maximum atomic E-state index is 12.5. The molecule has 0 unspecified atom stereocenters. The van der Waals surface area contributed by atoms with Gasteiger partial charge in [0.15, 0.2) is 0 Å². The first-order valence-corrected chi connectivity index (χ1v) is 8.05. The highest BCUT2D eigenvalue weighted by Crippen LogP contribution is 2.31. The molecule has 0 aliphatic rings. The number of pyridine rings is 1. The van der Waals surface area contributed by atoms with E-state index < -0.39 is 0 Å². The largest absolute Gasteiger partial charge is 0.398 e. The third kappa shape index (κ3) is 4.48. The van der Waals surface area contributed by atoms with Crippen molar-refractivity contribution in [2.75, 3.05) is 32.9 Å². The summed E-state index contributed by atoms with van der Waals surface area (Å²) in [6, 6.07) is 10.9. The second-order valence-electron chi connectivity index (χ2n) is 5.95. The molecule has 1 aromatic heterocycles. The summed E-state index contributed by atoms with van der Waals surface area (Å²) in [6.45, 7) is 1.34. The van der Waals surface area contributed by atoms with Crippen LogP contribution in [0.4, 0.5) is 5.69 Å². The summed E-state index contributed by atoms with van der Waals surface area (Å²) < 4.78 is 0. The van der Waals surface area contributed by atoms with Gasteiger partial charge in [0.05, 0.1) is 22.3 Å². The van der Waals surface area contributed by atoms with Gasteiger partial charge in [0.25, 0.3) is 5.91 Å². The molecule has 26 heavy (non-hydrogen) atoms. The van der Waals surface area contributed by atoms with Gasteiger partial charge in [0, 0.05) is 28.9 Å². The van der Waals surface area contributed by atoms with Gasteiger partial charge in [-0.15, -0.1) is 24.8 Å². The molecule has 0 radical (unpaired) electrons. The zero-order valence-corrected chi connectivity index (χ0v) is 16.8. The number of likely N-dealkylation sites (N-methyl/N-ethyl adjacent to an activating group) is 1. The lowest BCUT2D eigenvalue weighted by Crippen LogP contribution is -2.31. The number of hydrogen-bond acceptors (Lipinski definition) is 4. The lowest BCUT2D eigenvalue weighted by Gasteiger charge is -2.13. The van der Waals surface area contributed by atoms with Gasteiger partial charge in [-0.1, -0.05) is 23.7 Å². The Morgan fingerprint density at radius 1 is 1.19 bits per heavy atom. The number of nitrogens with zero attached hydrogens (tertiary/aromatic N) is 2. The molecule has 0 spiro atoms. The van der Waals surface area contributed by atoms with Crippen molar-refractivity contribution in [3.8, 4) is 0 Å². The predicted octanol–water partition coefficient (Wildman–Crippen LogP) is 3.76. The van der Waals surface area contributed by atoms with E-state index in [4.69, 9.17) is 17.3 Å². The average molecular weight is 416 g/mol. The molecule has 0 saturated heterocycles. The third-order valence-electron chi connectivity index (χ3n) is 3.90. The van der Waals surface area contributed by atoms with E-state index >= 15 is 0 Å². The molecule has 0 aliphatic heterocycles. The molecule has 2 aromatic carbocycles. The van der Waals surface area contributed by atoms with E-state index in [2.05, 4.69) is 10.3 Å². The van der Waals surface area contributed by atoms with Gasteiger partial charge in [-0.3, -0.25) is 4.79 Å². The number of nitrogens with one attached hydrogen (secondary N) is 1. The zero-order chi connectivity index (χ0) is 17.3. The van der Waals surface area contributed by atoms with Crippen molar-refractivity contribution in [3.05, 3.63) is 47.0 Å². The monoisotopic (exact) mass is 414 g/mol. The van der Waals surface area contributed by atoms with Gasteiger partial charge < -0.3 is 16.0 Å². The van der Waals surface area contributed by atoms with E-state index in [0.717, 1.165) is 17.3 Å². The molecule has 3 aromatic rings. The Kier molecular flexibility index (Phi) is 7.90. The summed E-state index contributed by atoms with van der Waals surface area (Å²) in [7, 11) is 3.92. The molecule has 0 fully saturated rings. The highest BCUT2D eigenvalue weighted by molar-refractivity contribution is 6.31. The molecule has 3 N–H and O–H groups in total. The van der Waals surface area contributed by atoms with Crippen molar-refractivity contribution in [2.45, 2.75) is 0 Å². The molecular weight excluding hydrogens is 395 g/mol. The minimum Gasteiger partial charge on any atom is -0.398 e. The van der Waals surface area contributed by atoms with Crippen molar-refractivity contribution in [1.82, 2.24) is 15.2 Å². The van der Waals surface area contributed by atoms with Crippen LogP contribution in [0.25, 0.3) is 21.8 Å². The number of anilines is 1. The summed E-state index contributed by atoms with van der Waals surface area (Å²) in [5.41, 5.74) is 8.68. The van der Waals surface area contributed by atoms with E-state index in [1.807, 2.05) is 37.2 Å². The Hall–Kier alpha value is -1.79. The molecule has 5 nitrogen and oxygen atoms in total. The van der Waals surface area contributed by atoms with Crippen LogP contribution >= 0.6 is 36.4 Å². The van der Waals surface area contributed by atoms with E-state index in [1.54, 1.807) is 18.2 Å². The van der Waals surface area contributed by atoms with Crippen molar-refractivity contribution in [1.29, 1.82) is 0 Å². The van der Waals surface area contributed by atoms with Gasteiger partial charge in [0.1, 0.15) is 0 Å². The zero-order valence-electron chi connectivity index (χ0n) is 14.5. The molecular formula is C18H21Cl3N4O. The second-order valence-corrected chi connectivity index (χ2v) is 6.38. The molecule has 0 saturated carbocycles. The first kappa shape index (κ1) is 22.3. The minimum atomic E-state index is -0.157. The first-order valence-electron chi connectivity index (χ1n) is 7.68. The van der Waals surface area contributed by atoms with E-state index in [9.17, 15) is 4.79 Å². The average Bonchev–Trinajstić information content (AvgIpc) is 2.54. The maximum Gasteiger partial charge on any atom is 0.253 e. The van der Waals surface area contributed by atoms with Crippen LogP contribution in [0.3, 0.4) is 0 Å². The topological polar surface area (TPSA) is 71.2 Å². The van der Waals surface area contributed by atoms with Crippen LogP contribution in [0.15, 0.2) is 36.4 Å². The first-order chi connectivity index (χ1) is 11.5. The van der Waals surface area contributed by atoms with E-state index in [-0.39, 0.29) is 30.7 Å². The van der Waals surface area contributed by atoms with Gasteiger partial charge in [-0.05, 0) is 38.4 Å². The van der Waals surface area contributed by atoms with E-state index in [0.29, 0.717) is 33.9 Å². The lowest BCUT2D eigenvalue weighted by atomic mass is 10.0. The summed E-state index contributed by atoms with van der Waals surface area (Å²) in [6.07, 6.45) is 0. The number of carbonyl (C=O) groups is 1. The van der Waals surface area contributed by atoms with Crippen LogP contribution in [0.2, 0.25) is 5.02 Å². The van der Waals surface area contributed by atoms with E-state index in [1.165, 1.54) is 0 Å². The van der Waals surface area contributed by atoms with Crippen molar-refractivity contribution >= 4 is 69.8 Å². The van der Waals surface area contributed by atoms with Crippen LogP contribution in [-0.4, -0.2) is 43.0 Å². The Bertz CT molecular complexity index is 931.